The fourth-order valence-corrected chi connectivity index (χ4v) is 2.42. The molecule has 0 aromatic heterocycles. The fourth-order valence-electron chi connectivity index (χ4n) is 2.42. The molecule has 0 saturated carbocycles. The highest BCUT2D eigenvalue weighted by molar-refractivity contribution is 5.84. The largest absolute Gasteiger partial charge is 0.377 e. The summed E-state index contributed by atoms with van der Waals surface area (Å²) in [5, 5.41) is 0. The normalized spacial score (nSPS) is 32.7. The molecule has 0 aromatic carbocycles. The third-order valence-electron chi connectivity index (χ3n) is 3.30. The molecule has 2 saturated heterocycles. The van der Waals surface area contributed by atoms with E-state index < -0.39 is 0 Å². The maximum absolute atomic E-state index is 11.4. The molecule has 0 bridgehead atoms. The van der Waals surface area contributed by atoms with Crippen molar-refractivity contribution >= 4 is 5.78 Å². The molecule has 2 aliphatic heterocycles. The van der Waals surface area contributed by atoms with E-state index >= 15 is 0 Å². The van der Waals surface area contributed by atoms with Gasteiger partial charge in [-0.25, -0.2) is 0 Å². The van der Waals surface area contributed by atoms with Gasteiger partial charge < -0.3 is 4.74 Å². The maximum Gasteiger partial charge on any atom is 0.148 e. The fraction of sp³-hybridized carbons (Fsp3) is 0.909. The number of carbonyl (C=O) groups excluding carboxylic acids is 1. The molecule has 0 amide bonds. The smallest absolute Gasteiger partial charge is 0.148 e. The molecule has 0 aromatic rings. The van der Waals surface area contributed by atoms with Crippen LogP contribution in [0.2, 0.25) is 0 Å². The predicted molar refractivity (Wildman–Crippen MR) is 54.3 cm³/mol. The van der Waals surface area contributed by atoms with E-state index in [1.54, 1.807) is 0 Å². The zero-order valence-electron chi connectivity index (χ0n) is 9.08. The average Bonchev–Trinajstić information content (AvgIpc) is 2.61. The van der Waals surface area contributed by atoms with Gasteiger partial charge in [-0.1, -0.05) is 0 Å². The molecule has 2 aliphatic rings. The number of ketones is 1. The Balaban J connectivity index is 1.93. The van der Waals surface area contributed by atoms with Gasteiger partial charge in [0.25, 0.3) is 0 Å². The standard InChI is InChI=1S/C11H19NO2/c1-11(2)6-9(13)7-12(11)8-10-4-3-5-14-10/h10H,3-8H2,1-2H3. The Kier molecular flexibility index (Phi) is 2.62. The van der Waals surface area contributed by atoms with Crippen LogP contribution in [0.3, 0.4) is 0 Å². The number of hydrogen-bond donors (Lipinski definition) is 0. The highest BCUT2D eigenvalue weighted by atomic mass is 16.5. The van der Waals surface area contributed by atoms with E-state index in [0.717, 1.165) is 19.6 Å². The number of carbonyl (C=O) groups is 1. The van der Waals surface area contributed by atoms with Crippen LogP contribution in [0.1, 0.15) is 33.1 Å². The van der Waals surface area contributed by atoms with Crippen molar-refractivity contribution in [3.63, 3.8) is 0 Å². The van der Waals surface area contributed by atoms with Crippen LogP contribution in [-0.4, -0.2) is 42.0 Å². The molecule has 1 unspecified atom stereocenters. The first-order chi connectivity index (χ1) is 6.58. The number of hydrogen-bond acceptors (Lipinski definition) is 3. The zero-order valence-corrected chi connectivity index (χ0v) is 9.08. The second-order valence-electron chi connectivity index (χ2n) is 5.04. The van der Waals surface area contributed by atoms with Crippen molar-refractivity contribution in [2.75, 3.05) is 19.7 Å². The summed E-state index contributed by atoms with van der Waals surface area (Å²) in [7, 11) is 0. The lowest BCUT2D eigenvalue weighted by molar-refractivity contribution is -0.117. The Morgan fingerprint density at radius 1 is 1.57 bits per heavy atom. The first kappa shape index (κ1) is 10.1. The number of likely N-dealkylation sites (tertiary alicyclic amines) is 1. The average molecular weight is 197 g/mol. The van der Waals surface area contributed by atoms with Crippen LogP contribution in [0.15, 0.2) is 0 Å². The van der Waals surface area contributed by atoms with E-state index in [2.05, 4.69) is 18.7 Å². The number of nitrogens with zero attached hydrogens (tertiary/aromatic N) is 1. The third kappa shape index (κ3) is 1.98. The minimum absolute atomic E-state index is 0.0447. The lowest BCUT2D eigenvalue weighted by atomic mass is 10.0. The number of Topliss-reactive ketones (excluding diaryl/α,β-unsaturated/α-hetero) is 1. The molecule has 1 atom stereocenters. The van der Waals surface area contributed by atoms with Gasteiger partial charge in [0, 0.05) is 25.1 Å². The summed E-state index contributed by atoms with van der Waals surface area (Å²) in [6.07, 6.45) is 3.38. The summed E-state index contributed by atoms with van der Waals surface area (Å²) < 4.78 is 5.59. The van der Waals surface area contributed by atoms with Crippen LogP contribution in [0, 0.1) is 0 Å². The summed E-state index contributed by atoms with van der Waals surface area (Å²) in [5.41, 5.74) is 0.0447. The van der Waals surface area contributed by atoms with Crippen molar-refractivity contribution in [1.29, 1.82) is 0 Å². The lowest BCUT2D eigenvalue weighted by Crippen LogP contribution is -2.42. The van der Waals surface area contributed by atoms with Crippen LogP contribution in [-0.2, 0) is 9.53 Å². The van der Waals surface area contributed by atoms with E-state index in [1.807, 2.05) is 0 Å². The summed E-state index contributed by atoms with van der Waals surface area (Å²) in [6, 6.07) is 0. The molecule has 2 heterocycles. The minimum atomic E-state index is 0.0447. The van der Waals surface area contributed by atoms with Crippen LogP contribution >= 0.6 is 0 Å². The number of ether oxygens (including phenoxy) is 1. The number of rotatable bonds is 2. The van der Waals surface area contributed by atoms with Crippen molar-refractivity contribution in [3.05, 3.63) is 0 Å². The first-order valence-electron chi connectivity index (χ1n) is 5.46. The van der Waals surface area contributed by atoms with Crippen molar-refractivity contribution in [2.24, 2.45) is 0 Å². The Hall–Kier alpha value is -0.410. The Labute approximate surface area is 85.4 Å². The quantitative estimate of drug-likeness (QED) is 0.666. The molecule has 2 rings (SSSR count). The summed E-state index contributed by atoms with van der Waals surface area (Å²) in [6.45, 7) is 6.73. The Morgan fingerprint density at radius 2 is 2.36 bits per heavy atom. The topological polar surface area (TPSA) is 29.5 Å². The van der Waals surface area contributed by atoms with Gasteiger partial charge in [0.05, 0.1) is 12.6 Å². The summed E-state index contributed by atoms with van der Waals surface area (Å²) >= 11 is 0. The van der Waals surface area contributed by atoms with E-state index in [4.69, 9.17) is 4.74 Å². The van der Waals surface area contributed by atoms with Crippen LogP contribution in [0.4, 0.5) is 0 Å². The van der Waals surface area contributed by atoms with Crippen LogP contribution in [0.5, 0.6) is 0 Å². The van der Waals surface area contributed by atoms with Crippen molar-refractivity contribution in [1.82, 2.24) is 4.90 Å². The lowest BCUT2D eigenvalue weighted by Gasteiger charge is -2.32. The van der Waals surface area contributed by atoms with E-state index in [9.17, 15) is 4.79 Å². The van der Waals surface area contributed by atoms with Gasteiger partial charge in [0.15, 0.2) is 0 Å². The van der Waals surface area contributed by atoms with Crippen molar-refractivity contribution in [3.8, 4) is 0 Å². The minimum Gasteiger partial charge on any atom is -0.377 e. The maximum atomic E-state index is 11.4. The Bertz CT molecular complexity index is 231. The molecule has 3 nitrogen and oxygen atoms in total. The van der Waals surface area contributed by atoms with Gasteiger partial charge >= 0.3 is 0 Å². The van der Waals surface area contributed by atoms with Gasteiger partial charge in [0.2, 0.25) is 0 Å². The van der Waals surface area contributed by atoms with Gasteiger partial charge in [-0.05, 0) is 26.7 Å². The zero-order chi connectivity index (χ0) is 10.2. The third-order valence-corrected chi connectivity index (χ3v) is 3.30. The van der Waals surface area contributed by atoms with E-state index in [1.165, 1.54) is 6.42 Å². The Morgan fingerprint density at radius 3 is 2.86 bits per heavy atom. The molecule has 80 valence electrons. The summed E-state index contributed by atoms with van der Waals surface area (Å²) in [5.74, 6) is 0.369. The highest BCUT2D eigenvalue weighted by Gasteiger charge is 2.38. The van der Waals surface area contributed by atoms with Crippen molar-refractivity contribution in [2.45, 2.75) is 44.8 Å². The predicted octanol–water partition coefficient (Wildman–Crippen LogP) is 1.22. The molecule has 14 heavy (non-hydrogen) atoms. The highest BCUT2D eigenvalue weighted by Crippen LogP contribution is 2.27. The molecular formula is C11H19NO2. The SMILES string of the molecule is CC1(C)CC(=O)CN1CC1CCCO1. The molecule has 0 N–H and O–H groups in total. The molecule has 2 fully saturated rings. The molecule has 0 spiro atoms. The van der Waals surface area contributed by atoms with Gasteiger partial charge in [-0.2, -0.15) is 0 Å². The van der Waals surface area contributed by atoms with E-state index in [-0.39, 0.29) is 5.54 Å². The van der Waals surface area contributed by atoms with Crippen molar-refractivity contribution < 1.29 is 9.53 Å². The monoisotopic (exact) mass is 197 g/mol. The second kappa shape index (κ2) is 3.63. The van der Waals surface area contributed by atoms with E-state index in [0.29, 0.717) is 24.9 Å². The summed E-state index contributed by atoms with van der Waals surface area (Å²) in [4.78, 5) is 13.6. The molecular weight excluding hydrogens is 178 g/mol. The van der Waals surface area contributed by atoms with Crippen LogP contribution in [0.25, 0.3) is 0 Å². The molecule has 0 radical (unpaired) electrons. The first-order valence-corrected chi connectivity index (χ1v) is 5.46. The van der Waals surface area contributed by atoms with Gasteiger partial charge in [-0.15, -0.1) is 0 Å². The van der Waals surface area contributed by atoms with Gasteiger partial charge in [0.1, 0.15) is 5.78 Å². The second-order valence-corrected chi connectivity index (χ2v) is 5.04. The molecule has 0 aliphatic carbocycles. The van der Waals surface area contributed by atoms with Crippen LogP contribution < -0.4 is 0 Å². The van der Waals surface area contributed by atoms with Gasteiger partial charge in [-0.3, -0.25) is 9.69 Å². The molecule has 3 heteroatoms.